The number of carbonyl (C=O) groups is 1. The molecule has 3 rings (SSSR count). The van der Waals surface area contributed by atoms with E-state index in [0.717, 1.165) is 16.9 Å². The lowest BCUT2D eigenvalue weighted by Crippen LogP contribution is -2.36. The molecule has 1 amide bonds. The number of halogens is 1. The molecule has 0 aliphatic carbocycles. The summed E-state index contributed by atoms with van der Waals surface area (Å²) in [5.74, 6) is 0.312. The number of para-hydroxylation sites is 1. The number of hydrogen-bond donors (Lipinski definition) is 0. The first kappa shape index (κ1) is 23.5. The van der Waals surface area contributed by atoms with Crippen LogP contribution in [0.3, 0.4) is 0 Å². The molecule has 0 bridgehead atoms. The molecule has 0 unspecified atom stereocenters. The van der Waals surface area contributed by atoms with Crippen LogP contribution in [0, 0.1) is 11.7 Å². The first-order valence-electron chi connectivity index (χ1n) is 10.8. The van der Waals surface area contributed by atoms with Crippen molar-refractivity contribution in [2.24, 2.45) is 5.92 Å². The maximum atomic E-state index is 13.8. The molecule has 1 aromatic heterocycles. The lowest BCUT2D eigenvalue weighted by atomic mass is 10.1. The molecule has 0 aliphatic rings. The largest absolute Gasteiger partial charge is 0.438 e. The number of ether oxygens (including phenoxy) is 2. The summed E-state index contributed by atoms with van der Waals surface area (Å²) in [6.07, 6.45) is 0.655. The molecule has 0 fully saturated rings. The topological polar surface area (TPSA) is 56.6 Å². The van der Waals surface area contributed by atoms with Gasteiger partial charge in [-0.2, -0.15) is 5.10 Å². The van der Waals surface area contributed by atoms with Crippen LogP contribution in [0.4, 0.5) is 4.39 Å². The molecule has 0 saturated carbocycles. The Morgan fingerprint density at radius 1 is 1.16 bits per heavy atom. The van der Waals surface area contributed by atoms with Gasteiger partial charge in [-0.05, 0) is 30.7 Å². The highest BCUT2D eigenvalue weighted by Gasteiger charge is 2.25. The fourth-order valence-electron chi connectivity index (χ4n) is 3.44. The molecular formula is C25H30FN3O3. The van der Waals surface area contributed by atoms with Crippen molar-refractivity contribution >= 4 is 5.91 Å². The van der Waals surface area contributed by atoms with Gasteiger partial charge in [0.15, 0.2) is 0 Å². The smallest absolute Gasteiger partial charge is 0.227 e. The summed E-state index contributed by atoms with van der Waals surface area (Å²) >= 11 is 0. The second kappa shape index (κ2) is 10.9. The van der Waals surface area contributed by atoms with Crippen LogP contribution < -0.4 is 4.74 Å². The van der Waals surface area contributed by atoms with E-state index in [1.54, 1.807) is 28.8 Å². The summed E-state index contributed by atoms with van der Waals surface area (Å²) in [6, 6.07) is 15.6. The molecule has 0 atom stereocenters. The minimum atomic E-state index is -0.387. The Hall–Kier alpha value is -3.19. The quantitative estimate of drug-likeness (QED) is 0.446. The number of carbonyl (C=O) groups excluding carboxylic acids is 1. The Kier molecular flexibility index (Phi) is 8.00. The monoisotopic (exact) mass is 439 g/mol. The summed E-state index contributed by atoms with van der Waals surface area (Å²) in [7, 11) is 1.61. The van der Waals surface area contributed by atoms with Crippen LogP contribution in [-0.4, -0.2) is 40.8 Å². The summed E-state index contributed by atoms with van der Waals surface area (Å²) in [6.45, 7) is 6.96. The maximum absolute atomic E-state index is 13.8. The molecule has 0 radical (unpaired) electrons. The van der Waals surface area contributed by atoms with E-state index in [9.17, 15) is 9.18 Å². The first-order chi connectivity index (χ1) is 15.4. The van der Waals surface area contributed by atoms with Crippen LogP contribution in [0.25, 0.3) is 5.69 Å². The third kappa shape index (κ3) is 5.53. The van der Waals surface area contributed by atoms with Crippen molar-refractivity contribution in [3.8, 4) is 17.3 Å². The number of methoxy groups -OCH3 is 1. The molecule has 170 valence electrons. The molecule has 0 N–H and O–H groups in total. The lowest BCUT2D eigenvalue weighted by Gasteiger charge is -2.25. The van der Waals surface area contributed by atoms with Gasteiger partial charge in [0.1, 0.15) is 11.6 Å². The zero-order chi connectivity index (χ0) is 23.1. The predicted molar refractivity (Wildman–Crippen MR) is 122 cm³/mol. The summed E-state index contributed by atoms with van der Waals surface area (Å²) in [5, 5.41) is 4.78. The number of nitrogens with zero attached hydrogens (tertiary/aromatic N) is 3. The van der Waals surface area contributed by atoms with E-state index in [2.05, 4.69) is 0 Å². The second-order valence-electron chi connectivity index (χ2n) is 7.80. The summed E-state index contributed by atoms with van der Waals surface area (Å²) in [4.78, 5) is 14.7. The van der Waals surface area contributed by atoms with Crippen molar-refractivity contribution < 1.29 is 18.7 Å². The Balaban J connectivity index is 2.10. The molecule has 0 spiro atoms. The highest BCUT2D eigenvalue weighted by atomic mass is 19.1. The fraction of sp³-hybridized carbons (Fsp3) is 0.360. The number of aryl methyl sites for hydroxylation is 1. The fourth-order valence-corrected chi connectivity index (χ4v) is 3.44. The molecular weight excluding hydrogens is 409 g/mol. The van der Waals surface area contributed by atoms with Gasteiger partial charge < -0.3 is 14.4 Å². The number of rotatable bonds is 10. The third-order valence-electron chi connectivity index (χ3n) is 5.09. The Morgan fingerprint density at radius 2 is 1.91 bits per heavy atom. The second-order valence-corrected chi connectivity index (χ2v) is 7.80. The van der Waals surface area contributed by atoms with Gasteiger partial charge in [-0.15, -0.1) is 0 Å². The third-order valence-corrected chi connectivity index (χ3v) is 5.09. The van der Waals surface area contributed by atoms with E-state index >= 15 is 0 Å². The van der Waals surface area contributed by atoms with Gasteiger partial charge in [-0.25, -0.2) is 9.07 Å². The molecule has 0 aliphatic heterocycles. The Labute approximate surface area is 188 Å². The average molecular weight is 440 g/mol. The Bertz CT molecular complexity index is 1030. The first-order valence-corrected chi connectivity index (χ1v) is 10.8. The SMILES string of the molecule is CCc1nn(-c2ccccc2)c(Oc2cccc(F)c2)c1CN(CCOC)C(=O)C(C)C. The van der Waals surface area contributed by atoms with E-state index in [1.807, 2.05) is 51.1 Å². The van der Waals surface area contributed by atoms with Gasteiger partial charge in [0.2, 0.25) is 11.8 Å². The van der Waals surface area contributed by atoms with E-state index in [-0.39, 0.29) is 17.6 Å². The maximum Gasteiger partial charge on any atom is 0.227 e. The van der Waals surface area contributed by atoms with Crippen LogP contribution in [0.1, 0.15) is 32.0 Å². The van der Waals surface area contributed by atoms with Gasteiger partial charge in [0.05, 0.1) is 30.1 Å². The number of hydrogen-bond acceptors (Lipinski definition) is 4. The number of aromatic nitrogens is 2. The van der Waals surface area contributed by atoms with Crippen molar-refractivity contribution in [1.82, 2.24) is 14.7 Å². The minimum Gasteiger partial charge on any atom is -0.438 e. The van der Waals surface area contributed by atoms with Gasteiger partial charge in [0.25, 0.3) is 0 Å². The van der Waals surface area contributed by atoms with Gasteiger partial charge in [-0.1, -0.05) is 45.0 Å². The summed E-state index contributed by atoms with van der Waals surface area (Å²) in [5.41, 5.74) is 2.43. The highest BCUT2D eigenvalue weighted by molar-refractivity contribution is 5.78. The van der Waals surface area contributed by atoms with E-state index in [1.165, 1.54) is 12.1 Å². The predicted octanol–water partition coefficient (Wildman–Crippen LogP) is 5.00. The van der Waals surface area contributed by atoms with Crippen LogP contribution >= 0.6 is 0 Å². The van der Waals surface area contributed by atoms with Crippen LogP contribution in [0.15, 0.2) is 54.6 Å². The zero-order valence-corrected chi connectivity index (χ0v) is 19.0. The summed E-state index contributed by atoms with van der Waals surface area (Å²) < 4.78 is 27.0. The molecule has 1 heterocycles. The van der Waals surface area contributed by atoms with Crippen molar-refractivity contribution in [2.45, 2.75) is 33.7 Å². The van der Waals surface area contributed by atoms with Crippen molar-refractivity contribution in [2.75, 3.05) is 20.3 Å². The normalized spacial score (nSPS) is 11.1. The molecule has 2 aromatic carbocycles. The number of benzene rings is 2. The molecule has 3 aromatic rings. The van der Waals surface area contributed by atoms with E-state index in [4.69, 9.17) is 14.6 Å². The van der Waals surface area contributed by atoms with Crippen LogP contribution in [0.2, 0.25) is 0 Å². The van der Waals surface area contributed by atoms with E-state index in [0.29, 0.717) is 37.7 Å². The lowest BCUT2D eigenvalue weighted by molar-refractivity contribution is -0.135. The standard InChI is InChI=1S/C25H30FN3O3/c1-5-23-22(17-28(14-15-31-4)24(30)18(2)3)25(32-21-13-9-10-19(26)16-21)29(27-23)20-11-7-6-8-12-20/h6-13,16,18H,5,14-15,17H2,1-4H3. The van der Waals surface area contributed by atoms with Crippen molar-refractivity contribution in [1.29, 1.82) is 0 Å². The van der Waals surface area contributed by atoms with E-state index < -0.39 is 0 Å². The molecule has 7 heteroatoms. The average Bonchev–Trinajstić information content (AvgIpc) is 3.13. The highest BCUT2D eigenvalue weighted by Crippen LogP contribution is 2.32. The van der Waals surface area contributed by atoms with Gasteiger partial charge in [0, 0.05) is 25.6 Å². The van der Waals surface area contributed by atoms with Gasteiger partial charge >= 0.3 is 0 Å². The molecule has 0 saturated heterocycles. The zero-order valence-electron chi connectivity index (χ0n) is 19.0. The minimum absolute atomic E-state index is 0.0215. The van der Waals surface area contributed by atoms with Gasteiger partial charge in [-0.3, -0.25) is 4.79 Å². The Morgan fingerprint density at radius 3 is 2.53 bits per heavy atom. The van der Waals surface area contributed by atoms with Crippen LogP contribution in [-0.2, 0) is 22.5 Å². The van der Waals surface area contributed by atoms with Crippen molar-refractivity contribution in [3.63, 3.8) is 0 Å². The van der Waals surface area contributed by atoms with Crippen molar-refractivity contribution in [3.05, 3.63) is 71.7 Å². The molecule has 32 heavy (non-hydrogen) atoms. The number of amides is 1. The van der Waals surface area contributed by atoms with Crippen LogP contribution in [0.5, 0.6) is 11.6 Å². The molecule has 6 nitrogen and oxygen atoms in total.